The van der Waals surface area contributed by atoms with Crippen LogP contribution in [0.5, 0.6) is 0 Å². The Morgan fingerprint density at radius 1 is 1.61 bits per heavy atom. The number of nitro groups is 1. The number of benzene rings is 1. The summed E-state index contributed by atoms with van der Waals surface area (Å²) in [6.45, 7) is 2.09. The molecule has 1 heterocycles. The first-order valence-corrected chi connectivity index (χ1v) is 5.71. The van der Waals surface area contributed by atoms with Gasteiger partial charge < -0.3 is 10.1 Å². The number of hydrogen-bond donors (Lipinski definition) is 1. The lowest BCUT2D eigenvalue weighted by molar-refractivity contribution is -0.384. The van der Waals surface area contributed by atoms with E-state index in [9.17, 15) is 10.1 Å². The standard InChI is InChI=1S/C12H13N3O3/c13-6-9-1-2-11(12(5-9)15(16)17)14-7-10-3-4-18-8-10/h1-2,5,10,14H,3-4,7-8H2. The van der Waals surface area contributed by atoms with Crippen LogP contribution in [-0.2, 0) is 4.74 Å². The average molecular weight is 247 g/mol. The Bertz CT molecular complexity index is 490. The molecular formula is C12H13N3O3. The van der Waals surface area contributed by atoms with Gasteiger partial charge in [0.1, 0.15) is 5.69 Å². The Morgan fingerprint density at radius 3 is 3.06 bits per heavy atom. The topological polar surface area (TPSA) is 88.2 Å². The van der Waals surface area contributed by atoms with Crippen LogP contribution in [0.4, 0.5) is 11.4 Å². The van der Waals surface area contributed by atoms with E-state index in [1.54, 1.807) is 12.1 Å². The Hall–Kier alpha value is -2.13. The monoisotopic (exact) mass is 247 g/mol. The van der Waals surface area contributed by atoms with Crippen molar-refractivity contribution in [1.29, 1.82) is 5.26 Å². The van der Waals surface area contributed by atoms with E-state index in [1.807, 2.05) is 6.07 Å². The summed E-state index contributed by atoms with van der Waals surface area (Å²) >= 11 is 0. The van der Waals surface area contributed by atoms with Crippen molar-refractivity contribution in [2.24, 2.45) is 5.92 Å². The molecule has 1 N–H and O–H groups in total. The highest BCUT2D eigenvalue weighted by Gasteiger charge is 2.18. The SMILES string of the molecule is N#Cc1ccc(NCC2CCOC2)c([N+](=O)[O-])c1. The highest BCUT2D eigenvalue weighted by atomic mass is 16.6. The average Bonchev–Trinajstić information content (AvgIpc) is 2.89. The van der Waals surface area contributed by atoms with Gasteiger partial charge in [-0.3, -0.25) is 10.1 Å². The Morgan fingerprint density at radius 2 is 2.44 bits per heavy atom. The van der Waals surface area contributed by atoms with Gasteiger partial charge in [-0.15, -0.1) is 0 Å². The lowest BCUT2D eigenvalue weighted by atomic mass is 10.1. The summed E-state index contributed by atoms with van der Waals surface area (Å²) in [6, 6.07) is 6.33. The maximum absolute atomic E-state index is 10.9. The second-order valence-electron chi connectivity index (χ2n) is 4.21. The molecule has 1 aliphatic heterocycles. The molecule has 2 rings (SSSR count). The predicted octanol–water partition coefficient (Wildman–Crippen LogP) is 1.91. The van der Waals surface area contributed by atoms with Crippen molar-refractivity contribution in [2.75, 3.05) is 25.1 Å². The second kappa shape index (κ2) is 5.47. The molecule has 0 spiro atoms. The summed E-state index contributed by atoms with van der Waals surface area (Å²) in [5.41, 5.74) is 0.676. The van der Waals surface area contributed by atoms with Gasteiger partial charge in [-0.05, 0) is 18.6 Å². The van der Waals surface area contributed by atoms with Gasteiger partial charge in [0.2, 0.25) is 0 Å². The summed E-state index contributed by atoms with van der Waals surface area (Å²) in [5, 5.41) is 22.7. The van der Waals surface area contributed by atoms with Gasteiger partial charge in [-0.1, -0.05) is 0 Å². The maximum atomic E-state index is 10.9. The molecule has 0 aliphatic carbocycles. The summed E-state index contributed by atoms with van der Waals surface area (Å²) in [5.74, 6) is 0.389. The molecule has 0 radical (unpaired) electrons. The number of anilines is 1. The Balaban J connectivity index is 2.11. The fraction of sp³-hybridized carbons (Fsp3) is 0.417. The minimum Gasteiger partial charge on any atom is -0.381 e. The van der Waals surface area contributed by atoms with Gasteiger partial charge in [0, 0.05) is 25.1 Å². The van der Waals surface area contributed by atoms with E-state index in [0.717, 1.165) is 13.0 Å². The fourth-order valence-electron chi connectivity index (χ4n) is 1.90. The largest absolute Gasteiger partial charge is 0.381 e. The molecule has 1 fully saturated rings. The molecule has 0 bridgehead atoms. The number of ether oxygens (including phenoxy) is 1. The molecule has 94 valence electrons. The first-order valence-electron chi connectivity index (χ1n) is 5.71. The van der Waals surface area contributed by atoms with E-state index >= 15 is 0 Å². The minimum absolute atomic E-state index is 0.0621. The highest BCUT2D eigenvalue weighted by molar-refractivity contribution is 5.64. The van der Waals surface area contributed by atoms with Crippen LogP contribution in [0, 0.1) is 27.4 Å². The maximum Gasteiger partial charge on any atom is 0.293 e. The minimum atomic E-state index is -0.478. The van der Waals surface area contributed by atoms with Crippen LogP contribution < -0.4 is 5.32 Å². The van der Waals surface area contributed by atoms with Crippen LogP contribution in [0.25, 0.3) is 0 Å². The number of rotatable bonds is 4. The third-order valence-electron chi connectivity index (χ3n) is 2.93. The van der Waals surface area contributed by atoms with Crippen molar-refractivity contribution < 1.29 is 9.66 Å². The molecule has 18 heavy (non-hydrogen) atoms. The molecule has 1 aromatic carbocycles. The third kappa shape index (κ3) is 2.76. The smallest absolute Gasteiger partial charge is 0.293 e. The quantitative estimate of drug-likeness (QED) is 0.648. The van der Waals surface area contributed by atoms with Gasteiger partial charge in [-0.25, -0.2) is 0 Å². The zero-order valence-corrected chi connectivity index (χ0v) is 9.76. The highest BCUT2D eigenvalue weighted by Crippen LogP contribution is 2.26. The summed E-state index contributed by atoms with van der Waals surface area (Å²) < 4.78 is 5.24. The molecule has 0 aromatic heterocycles. The molecule has 1 aliphatic rings. The van der Waals surface area contributed by atoms with E-state index < -0.39 is 4.92 Å². The zero-order valence-electron chi connectivity index (χ0n) is 9.76. The van der Waals surface area contributed by atoms with Crippen LogP contribution in [0.2, 0.25) is 0 Å². The van der Waals surface area contributed by atoms with Gasteiger partial charge in [0.05, 0.1) is 23.2 Å². The van der Waals surface area contributed by atoms with Crippen LogP contribution in [0.15, 0.2) is 18.2 Å². The molecule has 1 unspecified atom stereocenters. The number of nitrogens with zero attached hydrogens (tertiary/aromatic N) is 2. The first kappa shape index (κ1) is 12.3. The van der Waals surface area contributed by atoms with Crippen LogP contribution in [-0.4, -0.2) is 24.7 Å². The lowest BCUT2D eigenvalue weighted by Gasteiger charge is -2.10. The molecular weight excluding hydrogens is 234 g/mol. The Kier molecular flexibility index (Phi) is 3.75. The fourth-order valence-corrected chi connectivity index (χ4v) is 1.90. The molecule has 1 saturated heterocycles. The zero-order chi connectivity index (χ0) is 13.0. The molecule has 6 nitrogen and oxygen atoms in total. The summed E-state index contributed by atoms with van der Waals surface area (Å²) in [7, 11) is 0. The second-order valence-corrected chi connectivity index (χ2v) is 4.21. The normalized spacial score (nSPS) is 18.3. The van der Waals surface area contributed by atoms with Crippen LogP contribution >= 0.6 is 0 Å². The molecule has 1 aromatic rings. The van der Waals surface area contributed by atoms with Gasteiger partial charge in [-0.2, -0.15) is 5.26 Å². The number of nitro benzene ring substituents is 1. The number of nitrogens with one attached hydrogen (secondary N) is 1. The van der Waals surface area contributed by atoms with E-state index in [1.165, 1.54) is 6.07 Å². The van der Waals surface area contributed by atoms with Crippen LogP contribution in [0.1, 0.15) is 12.0 Å². The molecule has 6 heteroatoms. The van der Waals surface area contributed by atoms with Crippen LogP contribution in [0.3, 0.4) is 0 Å². The lowest BCUT2D eigenvalue weighted by Crippen LogP contribution is -2.14. The summed E-state index contributed by atoms with van der Waals surface area (Å²) in [4.78, 5) is 10.4. The van der Waals surface area contributed by atoms with Crippen molar-refractivity contribution in [3.63, 3.8) is 0 Å². The van der Waals surface area contributed by atoms with E-state index in [-0.39, 0.29) is 11.3 Å². The number of nitriles is 1. The molecule has 0 saturated carbocycles. The first-order chi connectivity index (χ1) is 8.70. The van der Waals surface area contributed by atoms with Crippen molar-refractivity contribution >= 4 is 11.4 Å². The number of hydrogen-bond acceptors (Lipinski definition) is 5. The van der Waals surface area contributed by atoms with Gasteiger partial charge >= 0.3 is 0 Å². The molecule has 0 amide bonds. The van der Waals surface area contributed by atoms with E-state index in [4.69, 9.17) is 10.00 Å². The predicted molar refractivity (Wildman–Crippen MR) is 65.2 cm³/mol. The summed E-state index contributed by atoms with van der Waals surface area (Å²) in [6.07, 6.45) is 0.969. The van der Waals surface area contributed by atoms with E-state index in [2.05, 4.69) is 5.32 Å². The van der Waals surface area contributed by atoms with Gasteiger partial charge in [0.15, 0.2) is 0 Å². The van der Waals surface area contributed by atoms with Crippen molar-refractivity contribution in [1.82, 2.24) is 0 Å². The van der Waals surface area contributed by atoms with Gasteiger partial charge in [0.25, 0.3) is 5.69 Å². The van der Waals surface area contributed by atoms with Crippen molar-refractivity contribution in [2.45, 2.75) is 6.42 Å². The van der Waals surface area contributed by atoms with Crippen molar-refractivity contribution in [3.8, 4) is 6.07 Å². The Labute approximate surface area is 104 Å². The third-order valence-corrected chi connectivity index (χ3v) is 2.93. The van der Waals surface area contributed by atoms with Crippen molar-refractivity contribution in [3.05, 3.63) is 33.9 Å². The molecule has 1 atom stereocenters. The van der Waals surface area contributed by atoms with E-state index in [0.29, 0.717) is 24.8 Å².